The molecular weight excluding hydrogens is 166 g/mol. The Labute approximate surface area is 79.2 Å². The molecule has 0 radical (unpaired) electrons. The average Bonchev–Trinajstić information content (AvgIpc) is 1.85. The SMILES string of the molecule is C/C(=C\N(C)C(C)C)S(C)(C)C. The van der Waals surface area contributed by atoms with Crippen molar-refractivity contribution in [3.05, 3.63) is 11.1 Å². The molecule has 0 aromatic heterocycles. The van der Waals surface area contributed by atoms with Crippen LogP contribution in [-0.4, -0.2) is 36.8 Å². The number of hydrogen-bond donors (Lipinski definition) is 0. The van der Waals surface area contributed by atoms with Crippen LogP contribution in [0.3, 0.4) is 0 Å². The molecule has 0 aliphatic carbocycles. The molecule has 0 aromatic rings. The lowest BCUT2D eigenvalue weighted by Crippen LogP contribution is -2.20. The Morgan fingerprint density at radius 3 is 1.92 bits per heavy atom. The first-order valence-electron chi connectivity index (χ1n) is 4.34. The van der Waals surface area contributed by atoms with E-state index in [4.69, 9.17) is 0 Å². The van der Waals surface area contributed by atoms with Crippen LogP contribution in [0, 0.1) is 0 Å². The highest BCUT2D eigenvalue weighted by Gasteiger charge is 2.07. The Kier molecular flexibility index (Phi) is 4.18. The molecule has 0 aromatic carbocycles. The van der Waals surface area contributed by atoms with Gasteiger partial charge in [-0.2, -0.15) is 0 Å². The summed E-state index contributed by atoms with van der Waals surface area (Å²) in [5.74, 6) is 0. The molecule has 0 heterocycles. The molecule has 74 valence electrons. The molecule has 0 saturated heterocycles. The fourth-order valence-electron chi connectivity index (χ4n) is 0.594. The van der Waals surface area contributed by atoms with Gasteiger partial charge >= 0.3 is 0 Å². The monoisotopic (exact) mass is 189 g/mol. The summed E-state index contributed by atoms with van der Waals surface area (Å²) in [6.07, 6.45) is 9.26. The van der Waals surface area contributed by atoms with Crippen molar-refractivity contribution >= 4 is 10.0 Å². The Morgan fingerprint density at radius 1 is 1.25 bits per heavy atom. The van der Waals surface area contributed by atoms with Crippen LogP contribution in [0.5, 0.6) is 0 Å². The van der Waals surface area contributed by atoms with E-state index < -0.39 is 10.0 Å². The van der Waals surface area contributed by atoms with E-state index in [9.17, 15) is 0 Å². The first-order chi connectivity index (χ1) is 5.25. The van der Waals surface area contributed by atoms with Crippen LogP contribution in [0.1, 0.15) is 20.8 Å². The standard InChI is InChI=1S/C10H23NS/c1-9(2)11(4)8-10(3)12(5,6)7/h8-9H,1-7H3/b10-8+. The Morgan fingerprint density at radius 2 is 1.67 bits per heavy atom. The first-order valence-corrected chi connectivity index (χ1v) is 7.19. The van der Waals surface area contributed by atoms with Gasteiger partial charge in [0.15, 0.2) is 0 Å². The molecule has 0 amide bonds. The maximum absolute atomic E-state index is 2.33. The van der Waals surface area contributed by atoms with Crippen LogP contribution < -0.4 is 0 Å². The molecule has 0 unspecified atom stereocenters. The minimum absolute atomic E-state index is 0.512. The normalized spacial score (nSPS) is 15.2. The highest BCUT2D eigenvalue weighted by Crippen LogP contribution is 2.44. The molecule has 0 aliphatic heterocycles. The maximum atomic E-state index is 2.33. The number of nitrogens with zero attached hydrogens (tertiary/aromatic N) is 1. The molecule has 0 fully saturated rings. The summed E-state index contributed by atoms with van der Waals surface area (Å²) < 4.78 is 0. The van der Waals surface area contributed by atoms with E-state index in [1.807, 2.05) is 0 Å². The van der Waals surface area contributed by atoms with Crippen molar-refractivity contribution < 1.29 is 0 Å². The van der Waals surface area contributed by atoms with E-state index in [-0.39, 0.29) is 0 Å². The quantitative estimate of drug-likeness (QED) is 0.660. The van der Waals surface area contributed by atoms with Crippen molar-refractivity contribution in [2.24, 2.45) is 0 Å². The third-order valence-electron chi connectivity index (χ3n) is 2.17. The van der Waals surface area contributed by atoms with Crippen LogP contribution in [-0.2, 0) is 0 Å². The molecule has 0 atom stereocenters. The van der Waals surface area contributed by atoms with Crippen LogP contribution in [0.15, 0.2) is 11.1 Å². The van der Waals surface area contributed by atoms with Crippen LogP contribution in [0.4, 0.5) is 0 Å². The summed E-state index contributed by atoms with van der Waals surface area (Å²) in [5, 5.41) is 0. The Hall–Kier alpha value is -0.110. The van der Waals surface area contributed by atoms with Gasteiger partial charge in [-0.3, -0.25) is 0 Å². The zero-order valence-electron chi connectivity index (χ0n) is 9.51. The van der Waals surface area contributed by atoms with E-state index in [2.05, 4.69) is 57.7 Å². The molecule has 12 heavy (non-hydrogen) atoms. The largest absolute Gasteiger partial charge is 0.377 e. The predicted molar refractivity (Wildman–Crippen MR) is 62.0 cm³/mol. The Balaban J connectivity index is 4.36. The second kappa shape index (κ2) is 4.22. The maximum Gasteiger partial charge on any atom is 0.0224 e. The van der Waals surface area contributed by atoms with E-state index >= 15 is 0 Å². The molecule has 0 N–H and O–H groups in total. The van der Waals surface area contributed by atoms with Gasteiger partial charge in [0.05, 0.1) is 0 Å². The summed E-state index contributed by atoms with van der Waals surface area (Å²) in [6.45, 7) is 6.65. The highest BCUT2D eigenvalue weighted by atomic mass is 32.3. The van der Waals surface area contributed by atoms with Crippen molar-refractivity contribution in [3.63, 3.8) is 0 Å². The lowest BCUT2D eigenvalue weighted by Gasteiger charge is -2.29. The summed E-state index contributed by atoms with van der Waals surface area (Å²) in [6, 6.07) is 0.599. The Bertz CT molecular complexity index is 165. The smallest absolute Gasteiger partial charge is 0.0224 e. The number of hydrogen-bond acceptors (Lipinski definition) is 1. The molecule has 0 bridgehead atoms. The first kappa shape index (κ1) is 11.9. The van der Waals surface area contributed by atoms with Crippen molar-refractivity contribution in [2.45, 2.75) is 26.8 Å². The minimum Gasteiger partial charge on any atom is -0.377 e. The van der Waals surface area contributed by atoms with Gasteiger partial charge in [0, 0.05) is 19.3 Å². The van der Waals surface area contributed by atoms with E-state index in [1.165, 1.54) is 4.91 Å². The average molecular weight is 189 g/mol. The molecule has 1 nitrogen and oxygen atoms in total. The summed E-state index contributed by atoms with van der Waals surface area (Å²) >= 11 is 0. The number of allylic oxidation sites excluding steroid dienone is 1. The van der Waals surface area contributed by atoms with Crippen molar-refractivity contribution in [3.8, 4) is 0 Å². The van der Waals surface area contributed by atoms with Crippen molar-refractivity contribution in [2.75, 3.05) is 25.8 Å². The molecule has 0 spiro atoms. The molecule has 0 saturated carbocycles. The summed E-state index contributed by atoms with van der Waals surface area (Å²) in [7, 11) is 1.63. The fraction of sp³-hybridized carbons (Fsp3) is 0.800. The van der Waals surface area contributed by atoms with Gasteiger partial charge in [-0.25, -0.2) is 10.0 Å². The zero-order chi connectivity index (χ0) is 9.94. The van der Waals surface area contributed by atoms with Crippen LogP contribution in [0.2, 0.25) is 0 Å². The van der Waals surface area contributed by atoms with Gasteiger partial charge in [-0.1, -0.05) is 0 Å². The van der Waals surface area contributed by atoms with Gasteiger partial charge in [-0.15, -0.1) is 0 Å². The molecule has 0 aliphatic rings. The van der Waals surface area contributed by atoms with Gasteiger partial charge < -0.3 is 4.90 Å². The number of rotatable bonds is 3. The lowest BCUT2D eigenvalue weighted by molar-refractivity contribution is 0.374. The molecule has 0 rings (SSSR count). The van der Waals surface area contributed by atoms with Gasteiger partial charge in [0.1, 0.15) is 0 Å². The highest BCUT2D eigenvalue weighted by molar-refractivity contribution is 8.35. The summed E-state index contributed by atoms with van der Waals surface area (Å²) in [4.78, 5) is 3.78. The second-order valence-electron chi connectivity index (χ2n) is 4.34. The van der Waals surface area contributed by atoms with Crippen molar-refractivity contribution in [1.82, 2.24) is 4.90 Å². The van der Waals surface area contributed by atoms with E-state index in [0.717, 1.165) is 0 Å². The topological polar surface area (TPSA) is 3.24 Å². The van der Waals surface area contributed by atoms with Crippen LogP contribution in [0.25, 0.3) is 0 Å². The fourth-order valence-corrected chi connectivity index (χ4v) is 1.08. The lowest BCUT2D eigenvalue weighted by atomic mass is 10.4. The van der Waals surface area contributed by atoms with Gasteiger partial charge in [0.2, 0.25) is 0 Å². The predicted octanol–water partition coefficient (Wildman–Crippen LogP) is 2.88. The summed E-state index contributed by atoms with van der Waals surface area (Å²) in [5.41, 5.74) is 0. The molecule has 2 heteroatoms. The van der Waals surface area contributed by atoms with Crippen LogP contribution >= 0.6 is 10.0 Å². The molecular formula is C10H23NS. The van der Waals surface area contributed by atoms with Gasteiger partial charge in [-0.05, 0) is 44.4 Å². The zero-order valence-corrected chi connectivity index (χ0v) is 10.3. The van der Waals surface area contributed by atoms with E-state index in [0.29, 0.717) is 6.04 Å². The minimum atomic E-state index is -0.512. The van der Waals surface area contributed by atoms with E-state index in [1.54, 1.807) is 0 Å². The van der Waals surface area contributed by atoms with Crippen molar-refractivity contribution in [1.29, 1.82) is 0 Å². The van der Waals surface area contributed by atoms with Gasteiger partial charge in [0.25, 0.3) is 0 Å². The third-order valence-corrected chi connectivity index (χ3v) is 4.20. The third kappa shape index (κ3) is 4.05. The second-order valence-corrected chi connectivity index (χ2v) is 8.65.